The van der Waals surface area contributed by atoms with Crippen LogP contribution in [0.1, 0.15) is 10.4 Å². The fourth-order valence-electron chi connectivity index (χ4n) is 1.63. The molecule has 0 unspecified atom stereocenters. The van der Waals surface area contributed by atoms with Crippen LogP contribution in [0.15, 0.2) is 18.2 Å². The summed E-state index contributed by atoms with van der Waals surface area (Å²) >= 11 is 0. The minimum absolute atomic E-state index is 0.117. The van der Waals surface area contributed by atoms with E-state index < -0.39 is 34.8 Å². The number of halogens is 5. The molecule has 2 aromatic rings. The fourth-order valence-corrected chi connectivity index (χ4v) is 1.63. The number of rotatable bonds is 4. The van der Waals surface area contributed by atoms with Crippen molar-refractivity contribution in [2.24, 2.45) is 0 Å². The standard InChI is InChI=1S/C14H7F5O3/c1-21-8-4-6(5-20)2-3-7(8)22-14-12(18)10(16)9(15)11(17)13(14)19/h2-5H,1H3. The lowest BCUT2D eigenvalue weighted by atomic mass is 10.2. The molecule has 0 spiro atoms. The highest BCUT2D eigenvalue weighted by molar-refractivity contribution is 5.76. The van der Waals surface area contributed by atoms with E-state index >= 15 is 0 Å². The zero-order chi connectivity index (χ0) is 16.4. The number of hydrogen-bond acceptors (Lipinski definition) is 3. The summed E-state index contributed by atoms with van der Waals surface area (Å²) in [6, 6.07) is 3.49. The Bertz CT molecular complexity index is 717. The number of methoxy groups -OCH3 is 1. The highest BCUT2D eigenvalue weighted by Gasteiger charge is 2.28. The van der Waals surface area contributed by atoms with Crippen molar-refractivity contribution >= 4 is 6.29 Å². The van der Waals surface area contributed by atoms with Crippen LogP contribution in [0, 0.1) is 29.1 Å². The van der Waals surface area contributed by atoms with Crippen molar-refractivity contribution < 1.29 is 36.2 Å². The van der Waals surface area contributed by atoms with Gasteiger partial charge in [-0.2, -0.15) is 8.78 Å². The first-order valence-corrected chi connectivity index (χ1v) is 5.73. The maximum absolute atomic E-state index is 13.5. The van der Waals surface area contributed by atoms with E-state index in [1.165, 1.54) is 19.2 Å². The van der Waals surface area contributed by atoms with Crippen molar-refractivity contribution in [1.29, 1.82) is 0 Å². The van der Waals surface area contributed by atoms with Crippen molar-refractivity contribution in [3.05, 3.63) is 52.8 Å². The largest absolute Gasteiger partial charge is 0.493 e. The van der Waals surface area contributed by atoms with Gasteiger partial charge in [-0.05, 0) is 18.2 Å². The number of carbonyl (C=O) groups excluding carboxylic acids is 1. The molecule has 0 fully saturated rings. The van der Waals surface area contributed by atoms with Crippen LogP contribution in [0.25, 0.3) is 0 Å². The summed E-state index contributed by atoms with van der Waals surface area (Å²) in [7, 11) is 1.18. The molecule has 22 heavy (non-hydrogen) atoms. The molecule has 0 aliphatic heterocycles. The molecule has 0 radical (unpaired) electrons. The summed E-state index contributed by atoms with van der Waals surface area (Å²) in [5.41, 5.74) is 0.168. The molecule has 2 rings (SSSR count). The Hall–Kier alpha value is -2.64. The zero-order valence-corrected chi connectivity index (χ0v) is 10.9. The van der Waals surface area contributed by atoms with E-state index in [4.69, 9.17) is 9.47 Å². The summed E-state index contributed by atoms with van der Waals surface area (Å²) in [6.07, 6.45) is 0.477. The van der Waals surface area contributed by atoms with Gasteiger partial charge in [0.05, 0.1) is 7.11 Å². The number of aldehydes is 1. The molecular weight excluding hydrogens is 311 g/mol. The van der Waals surface area contributed by atoms with Crippen LogP contribution in [-0.4, -0.2) is 13.4 Å². The second kappa shape index (κ2) is 6.00. The maximum atomic E-state index is 13.5. The van der Waals surface area contributed by atoms with Gasteiger partial charge >= 0.3 is 0 Å². The van der Waals surface area contributed by atoms with Crippen LogP contribution in [0.3, 0.4) is 0 Å². The lowest BCUT2D eigenvalue weighted by molar-refractivity contribution is 0.112. The number of hydrogen-bond donors (Lipinski definition) is 0. The first-order valence-electron chi connectivity index (χ1n) is 5.73. The lowest BCUT2D eigenvalue weighted by Crippen LogP contribution is -2.04. The first kappa shape index (κ1) is 15.7. The topological polar surface area (TPSA) is 35.5 Å². The quantitative estimate of drug-likeness (QED) is 0.370. The number of benzene rings is 2. The predicted octanol–water partition coefficient (Wildman–Crippen LogP) is 4.00. The van der Waals surface area contributed by atoms with E-state index in [0.717, 1.165) is 6.07 Å². The van der Waals surface area contributed by atoms with Crippen LogP contribution in [0.4, 0.5) is 22.0 Å². The fraction of sp³-hybridized carbons (Fsp3) is 0.0714. The van der Waals surface area contributed by atoms with Gasteiger partial charge in [-0.15, -0.1) is 0 Å². The monoisotopic (exact) mass is 318 g/mol. The molecule has 116 valence electrons. The molecule has 0 N–H and O–H groups in total. The molecule has 0 saturated carbocycles. The Balaban J connectivity index is 2.54. The Morgan fingerprint density at radius 3 is 1.91 bits per heavy atom. The average molecular weight is 318 g/mol. The molecule has 3 nitrogen and oxygen atoms in total. The molecule has 0 saturated heterocycles. The Kier molecular flexibility index (Phi) is 4.30. The van der Waals surface area contributed by atoms with Crippen molar-refractivity contribution in [2.75, 3.05) is 7.11 Å². The van der Waals surface area contributed by atoms with Gasteiger partial charge in [-0.25, -0.2) is 13.2 Å². The van der Waals surface area contributed by atoms with Crippen LogP contribution in [0.5, 0.6) is 17.2 Å². The summed E-state index contributed by atoms with van der Waals surface area (Å²) in [6.45, 7) is 0. The SMILES string of the molecule is COc1cc(C=O)ccc1Oc1c(F)c(F)c(F)c(F)c1F. The third-order valence-electron chi connectivity index (χ3n) is 2.71. The smallest absolute Gasteiger partial charge is 0.207 e. The summed E-state index contributed by atoms with van der Waals surface area (Å²) in [5, 5.41) is 0. The molecule has 0 aliphatic rings. The van der Waals surface area contributed by atoms with Crippen LogP contribution in [0.2, 0.25) is 0 Å². The Morgan fingerprint density at radius 2 is 1.41 bits per heavy atom. The average Bonchev–Trinajstić information content (AvgIpc) is 2.55. The minimum Gasteiger partial charge on any atom is -0.493 e. The van der Waals surface area contributed by atoms with Gasteiger partial charge in [0.1, 0.15) is 6.29 Å². The van der Waals surface area contributed by atoms with Gasteiger partial charge in [0.2, 0.25) is 34.8 Å². The van der Waals surface area contributed by atoms with Crippen molar-refractivity contribution in [1.82, 2.24) is 0 Å². The molecule has 0 heterocycles. The normalized spacial score (nSPS) is 10.5. The molecule has 2 aromatic carbocycles. The van der Waals surface area contributed by atoms with Gasteiger partial charge in [0.25, 0.3) is 0 Å². The molecule has 8 heteroatoms. The Labute approximate surface area is 120 Å². The molecule has 0 aromatic heterocycles. The van der Waals surface area contributed by atoms with E-state index in [2.05, 4.69) is 0 Å². The van der Waals surface area contributed by atoms with E-state index in [1.54, 1.807) is 0 Å². The van der Waals surface area contributed by atoms with Gasteiger partial charge in [0, 0.05) is 5.56 Å². The third kappa shape index (κ3) is 2.59. The van der Waals surface area contributed by atoms with Crippen molar-refractivity contribution in [2.45, 2.75) is 0 Å². The second-order valence-electron chi connectivity index (χ2n) is 4.03. The van der Waals surface area contributed by atoms with Crippen molar-refractivity contribution in [3.8, 4) is 17.2 Å². The highest BCUT2D eigenvalue weighted by Crippen LogP contribution is 2.37. The van der Waals surface area contributed by atoms with Crippen LogP contribution in [-0.2, 0) is 0 Å². The predicted molar refractivity (Wildman–Crippen MR) is 64.7 cm³/mol. The number of carbonyl (C=O) groups is 1. The van der Waals surface area contributed by atoms with Gasteiger partial charge < -0.3 is 9.47 Å². The lowest BCUT2D eigenvalue weighted by Gasteiger charge is -2.13. The third-order valence-corrected chi connectivity index (χ3v) is 2.71. The number of ether oxygens (including phenoxy) is 2. The van der Waals surface area contributed by atoms with E-state index in [-0.39, 0.29) is 17.1 Å². The van der Waals surface area contributed by atoms with Gasteiger partial charge in [-0.1, -0.05) is 0 Å². The summed E-state index contributed by atoms with van der Waals surface area (Å²) < 4.78 is 75.7. The minimum atomic E-state index is -2.29. The van der Waals surface area contributed by atoms with Crippen LogP contribution < -0.4 is 9.47 Å². The van der Waals surface area contributed by atoms with Crippen molar-refractivity contribution in [3.63, 3.8) is 0 Å². The van der Waals surface area contributed by atoms with E-state index in [0.29, 0.717) is 6.29 Å². The molecule has 0 amide bonds. The molecule has 0 bridgehead atoms. The van der Waals surface area contributed by atoms with E-state index in [9.17, 15) is 26.7 Å². The summed E-state index contributed by atoms with van der Waals surface area (Å²) in [5.74, 6) is -12.7. The second-order valence-corrected chi connectivity index (χ2v) is 4.03. The van der Waals surface area contributed by atoms with E-state index in [1.807, 2.05) is 0 Å². The Morgan fingerprint density at radius 1 is 0.864 bits per heavy atom. The zero-order valence-electron chi connectivity index (χ0n) is 10.9. The first-order chi connectivity index (χ1) is 10.4. The van der Waals surface area contributed by atoms with Gasteiger partial charge in [0.15, 0.2) is 11.5 Å². The van der Waals surface area contributed by atoms with Crippen LogP contribution >= 0.6 is 0 Å². The molecule has 0 atom stereocenters. The molecule has 0 aliphatic carbocycles. The molecular formula is C14H7F5O3. The highest BCUT2D eigenvalue weighted by atomic mass is 19.2. The maximum Gasteiger partial charge on any atom is 0.207 e. The van der Waals surface area contributed by atoms with Gasteiger partial charge in [-0.3, -0.25) is 4.79 Å². The summed E-state index contributed by atoms with van der Waals surface area (Å²) in [4.78, 5) is 10.6.